The number of carbonyl (C=O) groups is 1. The average Bonchev–Trinajstić information content (AvgIpc) is 2.78. The number of rotatable bonds is 4. The molecule has 1 saturated carbocycles. The molecule has 1 aromatic rings. The van der Waals surface area contributed by atoms with E-state index in [0.717, 1.165) is 24.9 Å². The van der Waals surface area contributed by atoms with Crippen molar-refractivity contribution in [2.75, 3.05) is 5.32 Å². The molecule has 0 aromatic heterocycles. The van der Waals surface area contributed by atoms with Crippen molar-refractivity contribution in [1.29, 1.82) is 0 Å². The molecule has 2 unspecified atom stereocenters. The molecule has 19 heavy (non-hydrogen) atoms. The fourth-order valence-electron chi connectivity index (χ4n) is 2.42. The standard InChI is InChI=1S/C15H22N2O2/c1-10(2)19-14-6-4-3-5-13(14)17-15(18)11-7-8-12(16)9-11/h3-6,10-12H,7-9,16H2,1-2H3,(H,17,18). The Bertz CT molecular complexity index is 446. The Labute approximate surface area is 114 Å². The Balaban J connectivity index is 2.04. The zero-order valence-electron chi connectivity index (χ0n) is 11.6. The molecule has 0 bridgehead atoms. The number of benzene rings is 1. The number of ether oxygens (including phenoxy) is 1. The van der Waals surface area contributed by atoms with Gasteiger partial charge >= 0.3 is 0 Å². The molecular formula is C15H22N2O2. The molecule has 2 rings (SSSR count). The Morgan fingerprint density at radius 1 is 1.37 bits per heavy atom. The van der Waals surface area contributed by atoms with Gasteiger partial charge in [-0.15, -0.1) is 0 Å². The van der Waals surface area contributed by atoms with Crippen LogP contribution in [0.1, 0.15) is 33.1 Å². The lowest BCUT2D eigenvalue weighted by Crippen LogP contribution is -2.23. The van der Waals surface area contributed by atoms with Crippen molar-refractivity contribution >= 4 is 11.6 Å². The maximum Gasteiger partial charge on any atom is 0.227 e. The third-order valence-corrected chi connectivity index (χ3v) is 3.35. The maximum atomic E-state index is 12.2. The summed E-state index contributed by atoms with van der Waals surface area (Å²) < 4.78 is 5.69. The molecule has 2 atom stereocenters. The van der Waals surface area contributed by atoms with E-state index in [2.05, 4.69) is 5.32 Å². The van der Waals surface area contributed by atoms with Crippen molar-refractivity contribution < 1.29 is 9.53 Å². The van der Waals surface area contributed by atoms with Crippen molar-refractivity contribution in [3.63, 3.8) is 0 Å². The van der Waals surface area contributed by atoms with Crippen LogP contribution in [0, 0.1) is 5.92 Å². The van der Waals surface area contributed by atoms with Crippen LogP contribution in [0.4, 0.5) is 5.69 Å². The zero-order valence-corrected chi connectivity index (χ0v) is 11.6. The van der Waals surface area contributed by atoms with E-state index in [9.17, 15) is 4.79 Å². The van der Waals surface area contributed by atoms with Crippen LogP contribution < -0.4 is 15.8 Å². The van der Waals surface area contributed by atoms with Gasteiger partial charge in [0.2, 0.25) is 5.91 Å². The first-order chi connectivity index (χ1) is 9.06. The molecule has 1 aliphatic carbocycles. The summed E-state index contributed by atoms with van der Waals surface area (Å²) in [6.45, 7) is 3.93. The van der Waals surface area contributed by atoms with Crippen LogP contribution in [-0.4, -0.2) is 18.1 Å². The van der Waals surface area contributed by atoms with Crippen LogP contribution in [0.2, 0.25) is 0 Å². The minimum atomic E-state index is 0.0297. The second kappa shape index (κ2) is 6.06. The molecule has 0 radical (unpaired) electrons. The van der Waals surface area contributed by atoms with Gasteiger partial charge in [-0.05, 0) is 45.2 Å². The lowest BCUT2D eigenvalue weighted by molar-refractivity contribution is -0.119. The van der Waals surface area contributed by atoms with Gasteiger partial charge in [0.05, 0.1) is 11.8 Å². The molecule has 104 valence electrons. The monoisotopic (exact) mass is 262 g/mol. The second-order valence-corrected chi connectivity index (χ2v) is 5.42. The predicted molar refractivity (Wildman–Crippen MR) is 76.2 cm³/mol. The van der Waals surface area contributed by atoms with E-state index in [1.165, 1.54) is 0 Å². The van der Waals surface area contributed by atoms with Gasteiger partial charge < -0.3 is 15.8 Å². The summed E-state index contributed by atoms with van der Waals surface area (Å²) in [5.74, 6) is 0.794. The molecule has 1 aromatic carbocycles. The molecule has 1 aliphatic rings. The van der Waals surface area contributed by atoms with Gasteiger partial charge in [-0.2, -0.15) is 0 Å². The largest absolute Gasteiger partial charge is 0.489 e. The van der Waals surface area contributed by atoms with Crippen LogP contribution in [0.15, 0.2) is 24.3 Å². The van der Waals surface area contributed by atoms with E-state index in [-0.39, 0.29) is 24.0 Å². The summed E-state index contributed by atoms with van der Waals surface area (Å²) in [5.41, 5.74) is 6.59. The second-order valence-electron chi connectivity index (χ2n) is 5.42. The van der Waals surface area contributed by atoms with Gasteiger partial charge in [0.25, 0.3) is 0 Å². The number of anilines is 1. The van der Waals surface area contributed by atoms with Crippen molar-refractivity contribution in [2.24, 2.45) is 11.7 Å². The van der Waals surface area contributed by atoms with Gasteiger partial charge in [0.15, 0.2) is 0 Å². The van der Waals surface area contributed by atoms with Gasteiger partial charge in [-0.3, -0.25) is 4.79 Å². The van der Waals surface area contributed by atoms with Crippen molar-refractivity contribution in [3.8, 4) is 5.75 Å². The van der Waals surface area contributed by atoms with Crippen LogP contribution >= 0.6 is 0 Å². The first-order valence-corrected chi connectivity index (χ1v) is 6.88. The third-order valence-electron chi connectivity index (χ3n) is 3.35. The van der Waals surface area contributed by atoms with E-state index in [4.69, 9.17) is 10.5 Å². The highest BCUT2D eigenvalue weighted by Gasteiger charge is 2.28. The molecule has 4 heteroatoms. The fraction of sp³-hybridized carbons (Fsp3) is 0.533. The topological polar surface area (TPSA) is 64.3 Å². The van der Waals surface area contributed by atoms with Crippen molar-refractivity contribution in [3.05, 3.63) is 24.3 Å². The van der Waals surface area contributed by atoms with Gasteiger partial charge in [-0.1, -0.05) is 12.1 Å². The number of carbonyl (C=O) groups excluding carboxylic acids is 1. The summed E-state index contributed by atoms with van der Waals surface area (Å²) in [6, 6.07) is 7.70. The zero-order chi connectivity index (χ0) is 13.8. The normalized spacial score (nSPS) is 22.5. The molecule has 1 fully saturated rings. The van der Waals surface area contributed by atoms with Crippen LogP contribution in [-0.2, 0) is 4.79 Å². The van der Waals surface area contributed by atoms with E-state index in [1.807, 2.05) is 38.1 Å². The lowest BCUT2D eigenvalue weighted by Gasteiger charge is -2.16. The lowest BCUT2D eigenvalue weighted by atomic mass is 10.1. The SMILES string of the molecule is CC(C)Oc1ccccc1NC(=O)C1CCC(N)C1. The Kier molecular flexibility index (Phi) is 4.43. The maximum absolute atomic E-state index is 12.2. The number of hydrogen-bond acceptors (Lipinski definition) is 3. The Hall–Kier alpha value is -1.55. The smallest absolute Gasteiger partial charge is 0.227 e. The molecule has 0 spiro atoms. The fourth-order valence-corrected chi connectivity index (χ4v) is 2.42. The van der Waals surface area contributed by atoms with E-state index < -0.39 is 0 Å². The number of hydrogen-bond donors (Lipinski definition) is 2. The highest BCUT2D eigenvalue weighted by Crippen LogP contribution is 2.29. The summed E-state index contributed by atoms with van der Waals surface area (Å²) in [7, 11) is 0. The summed E-state index contributed by atoms with van der Waals surface area (Å²) in [6.07, 6.45) is 2.67. The van der Waals surface area contributed by atoms with Crippen molar-refractivity contribution in [1.82, 2.24) is 0 Å². The van der Waals surface area contributed by atoms with E-state index in [0.29, 0.717) is 5.75 Å². The summed E-state index contributed by atoms with van der Waals surface area (Å²) in [5, 5.41) is 2.96. The van der Waals surface area contributed by atoms with E-state index in [1.54, 1.807) is 0 Å². The number of amides is 1. The molecule has 0 aliphatic heterocycles. The van der Waals surface area contributed by atoms with Crippen LogP contribution in [0.3, 0.4) is 0 Å². The molecule has 1 amide bonds. The minimum absolute atomic E-state index is 0.0297. The first-order valence-electron chi connectivity index (χ1n) is 6.88. The molecule has 4 nitrogen and oxygen atoms in total. The third kappa shape index (κ3) is 3.70. The highest BCUT2D eigenvalue weighted by molar-refractivity contribution is 5.94. The van der Waals surface area contributed by atoms with Crippen LogP contribution in [0.25, 0.3) is 0 Å². The number of para-hydroxylation sites is 2. The molecule has 0 heterocycles. The van der Waals surface area contributed by atoms with Gasteiger partial charge in [-0.25, -0.2) is 0 Å². The number of nitrogens with two attached hydrogens (primary N) is 1. The van der Waals surface area contributed by atoms with E-state index >= 15 is 0 Å². The number of nitrogens with one attached hydrogen (secondary N) is 1. The molecule has 0 saturated heterocycles. The quantitative estimate of drug-likeness (QED) is 0.876. The molecule has 3 N–H and O–H groups in total. The summed E-state index contributed by atoms with van der Waals surface area (Å²) in [4.78, 5) is 12.2. The van der Waals surface area contributed by atoms with Gasteiger partial charge in [0, 0.05) is 12.0 Å². The van der Waals surface area contributed by atoms with Gasteiger partial charge in [0.1, 0.15) is 5.75 Å². The highest BCUT2D eigenvalue weighted by atomic mass is 16.5. The molecular weight excluding hydrogens is 240 g/mol. The summed E-state index contributed by atoms with van der Waals surface area (Å²) >= 11 is 0. The Morgan fingerprint density at radius 3 is 2.74 bits per heavy atom. The average molecular weight is 262 g/mol. The minimum Gasteiger partial charge on any atom is -0.489 e. The first kappa shape index (κ1) is 13.9. The van der Waals surface area contributed by atoms with Crippen molar-refractivity contribution in [2.45, 2.75) is 45.3 Å². The Morgan fingerprint density at radius 2 is 2.11 bits per heavy atom. The van der Waals surface area contributed by atoms with Crippen LogP contribution in [0.5, 0.6) is 5.75 Å². The predicted octanol–water partition coefficient (Wildman–Crippen LogP) is 2.54.